The molecule has 2 aromatic heterocycles. The van der Waals surface area contributed by atoms with E-state index in [9.17, 15) is 29.8 Å². The minimum atomic E-state index is -0.893. The van der Waals surface area contributed by atoms with Gasteiger partial charge in [-0.05, 0) is 12.8 Å². The summed E-state index contributed by atoms with van der Waals surface area (Å²) in [4.78, 5) is 43.3. The fourth-order valence-corrected chi connectivity index (χ4v) is 3.37. The fourth-order valence-electron chi connectivity index (χ4n) is 3.37. The van der Waals surface area contributed by atoms with E-state index in [4.69, 9.17) is 20.9 Å². The maximum absolute atomic E-state index is 11.3. The highest BCUT2D eigenvalue weighted by Gasteiger charge is 2.31. The van der Waals surface area contributed by atoms with Crippen LogP contribution in [0.4, 0.5) is 11.4 Å². The Labute approximate surface area is 206 Å². The van der Waals surface area contributed by atoms with E-state index < -0.39 is 21.7 Å². The number of carbonyl (C=O) groups is 2. The van der Waals surface area contributed by atoms with Gasteiger partial charge >= 0.3 is 11.4 Å². The summed E-state index contributed by atoms with van der Waals surface area (Å²) in [5.41, 5.74) is 9.95. The number of aromatic nitrogens is 4. The van der Waals surface area contributed by atoms with Gasteiger partial charge in [-0.2, -0.15) is 10.2 Å². The molecule has 0 aromatic carbocycles. The maximum atomic E-state index is 11.3. The lowest BCUT2D eigenvalue weighted by Gasteiger charge is -2.04. The van der Waals surface area contributed by atoms with E-state index in [0.717, 1.165) is 0 Å². The molecular weight excluding hydrogens is 480 g/mol. The van der Waals surface area contributed by atoms with Crippen molar-refractivity contribution in [3.63, 3.8) is 0 Å². The summed E-state index contributed by atoms with van der Waals surface area (Å²) in [6.45, 7) is 5.01. The molecule has 0 fully saturated rings. The predicted molar refractivity (Wildman–Crippen MR) is 127 cm³/mol. The average Bonchev–Trinajstić information content (AvgIpc) is 3.36. The Kier molecular flexibility index (Phi) is 12.1. The number of hydrogen-bond acceptors (Lipinski definition) is 10. The molecule has 0 radical (unpaired) electrons. The van der Waals surface area contributed by atoms with E-state index in [1.165, 1.54) is 23.6 Å². The molecule has 36 heavy (non-hydrogen) atoms. The molecule has 4 N–H and O–H groups in total. The number of carbonyl (C=O) groups excluding carboxylic acids is 2. The third-order valence-electron chi connectivity index (χ3n) is 4.85. The highest BCUT2D eigenvalue weighted by atomic mass is 16.6. The van der Waals surface area contributed by atoms with Crippen molar-refractivity contribution in [2.75, 3.05) is 27.4 Å². The first kappa shape index (κ1) is 30.1. The number of rotatable bonds is 14. The zero-order valence-corrected chi connectivity index (χ0v) is 20.8. The van der Waals surface area contributed by atoms with Crippen LogP contribution in [0.2, 0.25) is 0 Å². The summed E-state index contributed by atoms with van der Waals surface area (Å²) in [6, 6.07) is 0. The number of nitro groups is 2. The molecule has 0 aliphatic heterocycles. The first-order valence-electron chi connectivity index (χ1n) is 11.1. The van der Waals surface area contributed by atoms with Gasteiger partial charge in [0.1, 0.15) is 11.4 Å². The van der Waals surface area contributed by atoms with Crippen LogP contribution < -0.4 is 11.5 Å². The predicted octanol–water partition coefficient (Wildman–Crippen LogP) is 0.978. The monoisotopic (exact) mass is 512 g/mol. The molecule has 0 aliphatic carbocycles. The van der Waals surface area contributed by atoms with Gasteiger partial charge in [0, 0.05) is 14.2 Å². The summed E-state index contributed by atoms with van der Waals surface area (Å²) in [5.74, 6) is -1.75. The first-order valence-corrected chi connectivity index (χ1v) is 11.1. The van der Waals surface area contributed by atoms with Gasteiger partial charge in [0.2, 0.25) is 11.4 Å². The molecule has 2 aromatic rings. The molecule has 0 spiro atoms. The van der Waals surface area contributed by atoms with Crippen LogP contribution in [0.1, 0.15) is 59.1 Å². The second-order valence-corrected chi connectivity index (χ2v) is 7.46. The van der Waals surface area contributed by atoms with Crippen LogP contribution in [-0.2, 0) is 35.4 Å². The molecule has 0 saturated heterocycles. The van der Waals surface area contributed by atoms with E-state index in [1.807, 2.05) is 13.8 Å². The number of methoxy groups -OCH3 is 2. The molecule has 0 aliphatic rings. The molecule has 2 amide bonds. The van der Waals surface area contributed by atoms with Gasteiger partial charge in [0.05, 0.1) is 36.1 Å². The number of primary amides is 2. The lowest BCUT2D eigenvalue weighted by molar-refractivity contribution is -0.386. The van der Waals surface area contributed by atoms with Crippen LogP contribution >= 0.6 is 0 Å². The first-order chi connectivity index (χ1) is 17.0. The largest absolute Gasteiger partial charge is 0.383 e. The number of amides is 2. The number of ether oxygens (including phenoxy) is 2. The Morgan fingerprint density at radius 3 is 1.81 bits per heavy atom. The van der Waals surface area contributed by atoms with E-state index in [1.54, 1.807) is 0 Å². The lowest BCUT2D eigenvalue weighted by Crippen LogP contribution is -2.20. The van der Waals surface area contributed by atoms with Crippen LogP contribution in [-0.4, -0.2) is 68.7 Å². The van der Waals surface area contributed by atoms with Gasteiger partial charge < -0.3 is 20.9 Å². The Balaban J connectivity index is 0.000000360. The third kappa shape index (κ3) is 7.54. The van der Waals surface area contributed by atoms with Gasteiger partial charge in [0.25, 0.3) is 11.8 Å². The third-order valence-corrected chi connectivity index (χ3v) is 4.85. The van der Waals surface area contributed by atoms with Crippen molar-refractivity contribution in [1.29, 1.82) is 0 Å². The van der Waals surface area contributed by atoms with Crippen molar-refractivity contribution < 1.29 is 28.9 Å². The van der Waals surface area contributed by atoms with Crippen molar-refractivity contribution in [2.24, 2.45) is 11.5 Å². The smallest absolute Gasteiger partial charge is 0.323 e. The van der Waals surface area contributed by atoms with Gasteiger partial charge in [-0.25, -0.2) is 0 Å². The lowest BCUT2D eigenvalue weighted by atomic mass is 10.2. The second-order valence-electron chi connectivity index (χ2n) is 7.46. The number of nitrogens with zero attached hydrogens (tertiary/aromatic N) is 6. The number of aryl methyl sites for hydroxylation is 1. The highest BCUT2D eigenvalue weighted by Crippen LogP contribution is 2.25. The van der Waals surface area contributed by atoms with Gasteiger partial charge in [-0.1, -0.05) is 26.7 Å². The molecule has 0 atom stereocenters. The van der Waals surface area contributed by atoms with Gasteiger partial charge in [-0.3, -0.25) is 39.2 Å². The minimum absolute atomic E-state index is 0.166. The molecule has 0 unspecified atom stereocenters. The zero-order chi connectivity index (χ0) is 27.4. The summed E-state index contributed by atoms with van der Waals surface area (Å²) in [7, 11) is 3.02. The van der Waals surface area contributed by atoms with Crippen molar-refractivity contribution in [1.82, 2.24) is 19.6 Å². The average molecular weight is 513 g/mol. The second kappa shape index (κ2) is 14.5. The van der Waals surface area contributed by atoms with Crippen molar-refractivity contribution in [3.05, 3.63) is 43.0 Å². The summed E-state index contributed by atoms with van der Waals surface area (Å²) < 4.78 is 12.4. The Bertz CT molecular complexity index is 1070. The summed E-state index contributed by atoms with van der Waals surface area (Å²) in [5, 5.41) is 30.0. The van der Waals surface area contributed by atoms with E-state index in [2.05, 4.69) is 10.2 Å². The van der Waals surface area contributed by atoms with Crippen LogP contribution in [0.15, 0.2) is 0 Å². The molecule has 2 rings (SSSR count). The number of nitrogens with two attached hydrogens (primary N) is 2. The van der Waals surface area contributed by atoms with Crippen molar-refractivity contribution >= 4 is 23.2 Å². The Hall–Kier alpha value is -3.92. The van der Waals surface area contributed by atoms with E-state index >= 15 is 0 Å². The molecule has 16 nitrogen and oxygen atoms in total. The van der Waals surface area contributed by atoms with Crippen LogP contribution in [0.5, 0.6) is 0 Å². The number of hydrogen-bond donors (Lipinski definition) is 2. The van der Waals surface area contributed by atoms with Crippen LogP contribution in [0.25, 0.3) is 0 Å². The Morgan fingerprint density at radius 2 is 1.39 bits per heavy atom. The fraction of sp³-hybridized carbons (Fsp3) is 0.600. The van der Waals surface area contributed by atoms with Gasteiger partial charge in [-0.15, -0.1) is 0 Å². The zero-order valence-electron chi connectivity index (χ0n) is 20.8. The van der Waals surface area contributed by atoms with Gasteiger partial charge in [0.15, 0.2) is 0 Å². The van der Waals surface area contributed by atoms with E-state index in [-0.39, 0.29) is 35.0 Å². The van der Waals surface area contributed by atoms with Crippen molar-refractivity contribution in [3.8, 4) is 0 Å². The summed E-state index contributed by atoms with van der Waals surface area (Å²) in [6.07, 6.45) is 2.29. The molecule has 16 heteroatoms. The SMILES string of the molecule is CCCc1c([N+](=O)[O-])c(C(N)=O)nn1CCOC.CCCc1nn(CCOC)c(C(N)=O)c1[N+](=O)[O-]. The topological polar surface area (TPSA) is 227 Å². The maximum Gasteiger partial charge on any atom is 0.323 e. The van der Waals surface area contributed by atoms with E-state index in [0.29, 0.717) is 51.1 Å². The molecule has 0 bridgehead atoms. The molecular formula is C20H32N8O8. The molecule has 200 valence electrons. The summed E-state index contributed by atoms with van der Waals surface area (Å²) >= 11 is 0. The van der Waals surface area contributed by atoms with Crippen LogP contribution in [0.3, 0.4) is 0 Å². The Morgan fingerprint density at radius 1 is 0.861 bits per heavy atom. The molecule has 2 heterocycles. The minimum Gasteiger partial charge on any atom is -0.383 e. The highest BCUT2D eigenvalue weighted by molar-refractivity contribution is 5.96. The normalized spacial score (nSPS) is 10.6. The van der Waals surface area contributed by atoms with Crippen LogP contribution in [0, 0.1) is 20.2 Å². The standard InChI is InChI=1S/2C10H16N4O4/c1-3-4-7-9(14(16)17)8(10(11)15)12-13(7)5-6-18-2;1-3-4-7-8(14(16)17)9(10(11)15)13(12-7)5-6-18-2/h2*3-6H2,1-2H3,(H2,11,15). The quantitative estimate of drug-likeness (QED) is 0.269. The molecule has 0 saturated carbocycles. The van der Waals surface area contributed by atoms with Crippen molar-refractivity contribution in [2.45, 2.75) is 52.6 Å².